The topological polar surface area (TPSA) is 76.2 Å². The van der Waals surface area contributed by atoms with Gasteiger partial charge in [-0.1, -0.05) is 35.9 Å². The van der Waals surface area contributed by atoms with E-state index in [9.17, 15) is 13.2 Å². The Kier molecular flexibility index (Phi) is 8.41. The Hall–Kier alpha value is -3.23. The fourth-order valence-corrected chi connectivity index (χ4v) is 4.86. The molecule has 0 saturated carbocycles. The van der Waals surface area contributed by atoms with E-state index in [0.29, 0.717) is 29.7 Å². The number of anilines is 1. The molecule has 180 valence electrons. The van der Waals surface area contributed by atoms with Crippen LogP contribution in [-0.4, -0.2) is 46.5 Å². The lowest BCUT2D eigenvalue weighted by Crippen LogP contribution is -2.41. The van der Waals surface area contributed by atoms with Crippen molar-refractivity contribution in [2.45, 2.75) is 18.4 Å². The number of ether oxygens (including phenoxy) is 2. The highest BCUT2D eigenvalue weighted by molar-refractivity contribution is 7.92. The summed E-state index contributed by atoms with van der Waals surface area (Å²) in [6.45, 7) is 2.06. The van der Waals surface area contributed by atoms with E-state index < -0.39 is 16.6 Å². The number of halogens is 1. The highest BCUT2D eigenvalue weighted by atomic mass is 35.5. The number of rotatable bonds is 10. The number of para-hydroxylation sites is 2. The van der Waals surface area contributed by atoms with E-state index >= 15 is 0 Å². The van der Waals surface area contributed by atoms with Gasteiger partial charge in [0.15, 0.2) is 0 Å². The highest BCUT2D eigenvalue weighted by Crippen LogP contribution is 2.33. The van der Waals surface area contributed by atoms with Crippen LogP contribution in [0.25, 0.3) is 0 Å². The monoisotopic (exact) mass is 502 g/mol. The molecule has 3 rings (SSSR count). The Morgan fingerprint density at radius 1 is 0.971 bits per heavy atom. The van der Waals surface area contributed by atoms with E-state index in [0.717, 1.165) is 9.87 Å². The highest BCUT2D eigenvalue weighted by Gasteiger charge is 2.30. The van der Waals surface area contributed by atoms with E-state index in [1.807, 2.05) is 31.2 Å². The van der Waals surface area contributed by atoms with Crippen LogP contribution in [-0.2, 0) is 21.4 Å². The van der Waals surface area contributed by atoms with Crippen molar-refractivity contribution in [1.82, 2.24) is 4.90 Å². The predicted octanol–water partition coefficient (Wildman–Crippen LogP) is 4.60. The molecule has 1 amide bonds. The first-order chi connectivity index (χ1) is 16.3. The number of nitrogens with zero attached hydrogens (tertiary/aromatic N) is 2. The minimum absolute atomic E-state index is 0.0220. The molecule has 0 spiro atoms. The summed E-state index contributed by atoms with van der Waals surface area (Å²) in [6, 6.07) is 19.9. The number of hydrogen-bond acceptors (Lipinski definition) is 5. The zero-order valence-corrected chi connectivity index (χ0v) is 20.8. The van der Waals surface area contributed by atoms with E-state index in [1.54, 1.807) is 38.4 Å². The molecule has 0 heterocycles. The summed E-state index contributed by atoms with van der Waals surface area (Å²) < 4.78 is 39.2. The molecule has 3 aromatic rings. The Balaban J connectivity index is 1.93. The van der Waals surface area contributed by atoms with Crippen molar-refractivity contribution in [2.75, 3.05) is 31.6 Å². The van der Waals surface area contributed by atoms with E-state index in [2.05, 4.69) is 0 Å². The van der Waals surface area contributed by atoms with E-state index in [-0.39, 0.29) is 16.5 Å². The van der Waals surface area contributed by atoms with Crippen LogP contribution >= 0.6 is 11.6 Å². The Labute approximate surface area is 205 Å². The van der Waals surface area contributed by atoms with Crippen LogP contribution in [0.5, 0.6) is 11.5 Å². The van der Waals surface area contributed by atoms with Crippen LogP contribution < -0.4 is 13.8 Å². The van der Waals surface area contributed by atoms with Crippen molar-refractivity contribution in [3.8, 4) is 11.5 Å². The smallest absolute Gasteiger partial charge is 0.264 e. The third kappa shape index (κ3) is 6.01. The second-order valence-electron chi connectivity index (χ2n) is 7.46. The third-order valence-electron chi connectivity index (χ3n) is 5.12. The van der Waals surface area contributed by atoms with Gasteiger partial charge in [-0.2, -0.15) is 0 Å². The lowest BCUT2D eigenvalue weighted by Gasteiger charge is -2.28. The van der Waals surface area contributed by atoms with Gasteiger partial charge in [-0.25, -0.2) is 8.42 Å². The van der Waals surface area contributed by atoms with Crippen molar-refractivity contribution in [3.63, 3.8) is 0 Å². The van der Waals surface area contributed by atoms with E-state index in [1.165, 1.54) is 29.2 Å². The second kappa shape index (κ2) is 11.3. The van der Waals surface area contributed by atoms with Crippen LogP contribution in [0.15, 0.2) is 77.7 Å². The number of benzene rings is 3. The van der Waals surface area contributed by atoms with Gasteiger partial charge >= 0.3 is 0 Å². The first-order valence-corrected chi connectivity index (χ1v) is 12.4. The quantitative estimate of drug-likeness (QED) is 0.405. The first kappa shape index (κ1) is 25.4. The zero-order valence-electron chi connectivity index (χ0n) is 19.3. The summed E-state index contributed by atoms with van der Waals surface area (Å²) >= 11 is 5.95. The minimum atomic E-state index is -4.09. The van der Waals surface area contributed by atoms with Crippen LogP contribution in [0.2, 0.25) is 5.02 Å². The van der Waals surface area contributed by atoms with Gasteiger partial charge in [0.1, 0.15) is 18.0 Å². The van der Waals surface area contributed by atoms with Gasteiger partial charge in [0.25, 0.3) is 10.0 Å². The fraction of sp³-hybridized carbons (Fsp3) is 0.240. The average molecular weight is 503 g/mol. The van der Waals surface area contributed by atoms with Crippen molar-refractivity contribution in [2.24, 2.45) is 0 Å². The maximum atomic E-state index is 13.6. The van der Waals surface area contributed by atoms with Crippen molar-refractivity contribution < 1.29 is 22.7 Å². The average Bonchev–Trinajstić information content (AvgIpc) is 2.83. The molecule has 0 N–H and O–H groups in total. The molecule has 0 bridgehead atoms. The van der Waals surface area contributed by atoms with Crippen molar-refractivity contribution >= 4 is 33.2 Å². The molecule has 0 aliphatic heterocycles. The summed E-state index contributed by atoms with van der Waals surface area (Å²) in [4.78, 5) is 14.7. The number of carbonyl (C=O) groups excluding carboxylic acids is 1. The lowest BCUT2D eigenvalue weighted by atomic mass is 10.2. The number of likely N-dealkylation sites (N-methyl/N-ethyl adjacent to an activating group) is 1. The van der Waals surface area contributed by atoms with Gasteiger partial charge in [0.05, 0.1) is 24.3 Å². The van der Waals surface area contributed by atoms with Gasteiger partial charge < -0.3 is 14.4 Å². The minimum Gasteiger partial charge on any atom is -0.497 e. The first-order valence-electron chi connectivity index (χ1n) is 10.6. The normalized spacial score (nSPS) is 11.1. The van der Waals surface area contributed by atoms with Gasteiger partial charge in [-0.15, -0.1) is 0 Å². The van der Waals surface area contributed by atoms with Crippen LogP contribution in [0.3, 0.4) is 0 Å². The second-order valence-corrected chi connectivity index (χ2v) is 9.76. The molecule has 0 fully saturated rings. The summed E-state index contributed by atoms with van der Waals surface area (Å²) in [5.74, 6) is 0.707. The molecular formula is C25H27ClN2O5S. The van der Waals surface area contributed by atoms with Gasteiger partial charge in [-0.05, 0) is 61.0 Å². The number of methoxy groups -OCH3 is 1. The zero-order chi connectivity index (χ0) is 24.7. The number of sulfonamides is 1. The molecule has 0 unspecified atom stereocenters. The van der Waals surface area contributed by atoms with Gasteiger partial charge in [0.2, 0.25) is 5.91 Å². The molecule has 0 saturated heterocycles. The SMILES string of the molecule is CCOc1ccccc1N(CC(=O)N(C)Cc1ccc(OC)cc1)S(=O)(=O)c1ccc(Cl)cc1. The Morgan fingerprint density at radius 3 is 2.24 bits per heavy atom. The molecule has 0 aromatic heterocycles. The van der Waals surface area contributed by atoms with E-state index in [4.69, 9.17) is 21.1 Å². The van der Waals surface area contributed by atoms with Crippen LogP contribution in [0.4, 0.5) is 5.69 Å². The van der Waals surface area contributed by atoms with Crippen molar-refractivity contribution in [1.29, 1.82) is 0 Å². The number of amides is 1. The maximum absolute atomic E-state index is 13.6. The standard InChI is InChI=1S/C25H27ClN2O5S/c1-4-33-24-8-6-5-7-23(24)28(34(30,31)22-15-11-20(26)12-16-22)18-25(29)27(2)17-19-9-13-21(32-3)14-10-19/h5-16H,4,17-18H2,1-3H3. The van der Waals surface area contributed by atoms with Crippen molar-refractivity contribution in [3.05, 3.63) is 83.4 Å². The van der Waals surface area contributed by atoms with Crippen LogP contribution in [0, 0.1) is 0 Å². The van der Waals surface area contributed by atoms with Crippen LogP contribution in [0.1, 0.15) is 12.5 Å². The maximum Gasteiger partial charge on any atom is 0.264 e. The number of hydrogen-bond donors (Lipinski definition) is 0. The largest absolute Gasteiger partial charge is 0.497 e. The molecular weight excluding hydrogens is 476 g/mol. The summed E-state index contributed by atoms with van der Waals surface area (Å²) in [5, 5.41) is 0.413. The molecule has 0 atom stereocenters. The molecule has 34 heavy (non-hydrogen) atoms. The molecule has 0 radical (unpaired) electrons. The summed E-state index contributed by atoms with van der Waals surface area (Å²) in [5.41, 5.74) is 1.17. The summed E-state index contributed by atoms with van der Waals surface area (Å²) in [6.07, 6.45) is 0. The molecule has 3 aromatic carbocycles. The summed E-state index contributed by atoms with van der Waals surface area (Å²) in [7, 11) is -0.875. The molecule has 9 heteroatoms. The Bertz CT molecular complexity index is 1210. The van der Waals surface area contributed by atoms with Gasteiger partial charge in [-0.3, -0.25) is 9.10 Å². The molecule has 0 aliphatic rings. The van der Waals surface area contributed by atoms with Gasteiger partial charge in [0, 0.05) is 18.6 Å². The third-order valence-corrected chi connectivity index (χ3v) is 7.14. The number of carbonyl (C=O) groups is 1. The Morgan fingerprint density at radius 2 is 1.62 bits per heavy atom. The lowest BCUT2D eigenvalue weighted by molar-refractivity contribution is -0.128. The fourth-order valence-electron chi connectivity index (χ4n) is 3.31. The predicted molar refractivity (Wildman–Crippen MR) is 133 cm³/mol. The molecule has 7 nitrogen and oxygen atoms in total. The molecule has 0 aliphatic carbocycles.